The summed E-state index contributed by atoms with van der Waals surface area (Å²) >= 11 is 0. The summed E-state index contributed by atoms with van der Waals surface area (Å²) < 4.78 is 5.43. The molecule has 0 aliphatic heterocycles. The number of rotatable bonds is 4. The Labute approximate surface area is 94.7 Å². The van der Waals surface area contributed by atoms with Crippen LogP contribution in [0.5, 0.6) is 0 Å². The predicted octanol–water partition coefficient (Wildman–Crippen LogP) is 3.61. The van der Waals surface area contributed by atoms with Gasteiger partial charge in [-0.1, -0.05) is 25.7 Å². The summed E-state index contributed by atoms with van der Waals surface area (Å²) in [6.45, 7) is 16.0. The lowest BCUT2D eigenvalue weighted by molar-refractivity contribution is -0.154. The zero-order valence-corrected chi connectivity index (χ0v) is 11.9. The molecule has 0 aromatic carbocycles. The Morgan fingerprint density at radius 3 is 2.13 bits per heavy atom. The van der Waals surface area contributed by atoms with Gasteiger partial charge < -0.3 is 4.74 Å². The summed E-state index contributed by atoms with van der Waals surface area (Å²) in [7, 11) is -1.52. The van der Waals surface area contributed by atoms with E-state index >= 15 is 0 Å². The minimum atomic E-state index is -1.52. The molecule has 0 heterocycles. The first-order valence-corrected chi connectivity index (χ1v) is 8.99. The molecule has 0 aromatic rings. The maximum atomic E-state index is 12.0. The van der Waals surface area contributed by atoms with Crippen LogP contribution in [0.1, 0.15) is 27.2 Å². The Hall–Kier alpha value is -0.573. The summed E-state index contributed by atoms with van der Waals surface area (Å²) in [4.78, 5) is 12.0. The Balaban J connectivity index is 4.65. The molecule has 0 amide bonds. The highest BCUT2D eigenvalue weighted by atomic mass is 28.3. The number of hydrogen-bond donors (Lipinski definition) is 0. The minimum Gasteiger partial charge on any atom is -0.460 e. The van der Waals surface area contributed by atoms with Gasteiger partial charge in [-0.2, -0.15) is 0 Å². The van der Waals surface area contributed by atoms with Gasteiger partial charge in [-0.25, -0.2) is 0 Å². The van der Waals surface area contributed by atoms with Crippen molar-refractivity contribution >= 4 is 14.0 Å². The summed E-state index contributed by atoms with van der Waals surface area (Å²) in [6, 6.07) is 0. The Morgan fingerprint density at radius 2 is 1.87 bits per heavy atom. The highest BCUT2D eigenvalue weighted by molar-refractivity contribution is 6.80. The van der Waals surface area contributed by atoms with Gasteiger partial charge in [-0.15, -0.1) is 6.58 Å². The van der Waals surface area contributed by atoms with Crippen molar-refractivity contribution in [1.82, 2.24) is 0 Å². The first-order chi connectivity index (χ1) is 6.58. The van der Waals surface area contributed by atoms with Crippen molar-refractivity contribution < 1.29 is 9.53 Å². The van der Waals surface area contributed by atoms with Crippen LogP contribution in [0, 0.1) is 0 Å². The van der Waals surface area contributed by atoms with Crippen molar-refractivity contribution in [3.63, 3.8) is 0 Å². The molecule has 0 spiro atoms. The van der Waals surface area contributed by atoms with Crippen LogP contribution in [0.25, 0.3) is 0 Å². The maximum absolute atomic E-state index is 12.0. The molecule has 3 heteroatoms. The third-order valence-corrected chi connectivity index (χ3v) is 4.70. The third kappa shape index (κ3) is 5.77. The van der Waals surface area contributed by atoms with Crippen LogP contribution in [0.2, 0.25) is 25.2 Å². The van der Waals surface area contributed by atoms with Crippen LogP contribution in [-0.4, -0.2) is 19.6 Å². The van der Waals surface area contributed by atoms with Crippen LogP contribution in [-0.2, 0) is 9.53 Å². The predicted molar refractivity (Wildman–Crippen MR) is 67.8 cm³/mol. The quantitative estimate of drug-likeness (QED) is 0.417. The van der Waals surface area contributed by atoms with Gasteiger partial charge in [0.2, 0.25) is 0 Å². The van der Waals surface area contributed by atoms with Gasteiger partial charge >= 0.3 is 5.97 Å². The second-order valence-electron chi connectivity index (χ2n) is 5.98. The average Bonchev–Trinajstić information content (AvgIpc) is 1.93. The molecular weight excluding hydrogens is 204 g/mol. The molecule has 0 bridgehead atoms. The van der Waals surface area contributed by atoms with E-state index in [9.17, 15) is 4.79 Å². The van der Waals surface area contributed by atoms with E-state index in [0.29, 0.717) is 0 Å². The van der Waals surface area contributed by atoms with E-state index in [1.54, 1.807) is 0 Å². The number of hydrogen-bond acceptors (Lipinski definition) is 2. The Kier molecular flexibility index (Phi) is 4.78. The van der Waals surface area contributed by atoms with E-state index < -0.39 is 13.7 Å². The molecule has 0 radical (unpaired) electrons. The number of carbonyl (C=O) groups is 1. The number of ether oxygens (including phenoxy) is 1. The van der Waals surface area contributed by atoms with Gasteiger partial charge in [0.1, 0.15) is 5.60 Å². The normalized spacial score (nSPS) is 14.5. The fraction of sp³-hybridized carbons (Fsp3) is 0.750. The van der Waals surface area contributed by atoms with Gasteiger partial charge in [0.15, 0.2) is 0 Å². The molecule has 0 aliphatic carbocycles. The first-order valence-electron chi connectivity index (χ1n) is 5.41. The molecule has 0 rings (SSSR count). The first kappa shape index (κ1) is 14.4. The summed E-state index contributed by atoms with van der Waals surface area (Å²) in [5.74, 6) is -0.0680. The molecule has 1 atom stereocenters. The van der Waals surface area contributed by atoms with Crippen LogP contribution >= 0.6 is 0 Å². The molecule has 2 nitrogen and oxygen atoms in total. The van der Waals surface area contributed by atoms with Crippen molar-refractivity contribution in [1.29, 1.82) is 0 Å². The lowest BCUT2D eigenvalue weighted by atomic mass is 10.2. The van der Waals surface area contributed by atoms with Crippen molar-refractivity contribution in [3.8, 4) is 0 Å². The van der Waals surface area contributed by atoms with Gasteiger partial charge in [0.25, 0.3) is 0 Å². The van der Waals surface area contributed by atoms with Crippen molar-refractivity contribution in [2.45, 2.75) is 58.0 Å². The van der Waals surface area contributed by atoms with E-state index in [1.165, 1.54) is 0 Å². The molecule has 0 N–H and O–H groups in total. The monoisotopic (exact) mass is 228 g/mol. The molecule has 88 valence electrons. The standard InChI is InChI=1S/C12H24O2Si/c1-8-9-10(15(5,6)7)11(13)14-12(2,3)4/h8,10H,1,9H2,2-7H3. The van der Waals surface area contributed by atoms with Crippen LogP contribution < -0.4 is 0 Å². The molecule has 1 unspecified atom stereocenters. The van der Waals surface area contributed by atoms with E-state index in [2.05, 4.69) is 26.2 Å². The topological polar surface area (TPSA) is 26.3 Å². The molecule has 0 aromatic heterocycles. The highest BCUT2D eigenvalue weighted by Gasteiger charge is 2.34. The average molecular weight is 228 g/mol. The van der Waals surface area contributed by atoms with E-state index in [0.717, 1.165) is 6.42 Å². The summed E-state index contributed by atoms with van der Waals surface area (Å²) in [5, 5.41) is 0. The summed E-state index contributed by atoms with van der Waals surface area (Å²) in [5.41, 5.74) is -0.370. The van der Waals surface area contributed by atoms with Crippen molar-refractivity contribution in [2.24, 2.45) is 0 Å². The van der Waals surface area contributed by atoms with Gasteiger partial charge in [-0.05, 0) is 27.2 Å². The number of allylic oxidation sites excluding steroid dienone is 1. The molecule has 0 aliphatic rings. The summed E-state index contributed by atoms with van der Waals surface area (Å²) in [6.07, 6.45) is 2.54. The van der Waals surface area contributed by atoms with Crippen LogP contribution in [0.15, 0.2) is 12.7 Å². The van der Waals surface area contributed by atoms with E-state index in [4.69, 9.17) is 4.74 Å². The second-order valence-corrected chi connectivity index (χ2v) is 11.4. The van der Waals surface area contributed by atoms with Crippen molar-refractivity contribution in [3.05, 3.63) is 12.7 Å². The minimum absolute atomic E-state index is 0.0224. The SMILES string of the molecule is C=CCC(C(=O)OC(C)(C)C)[Si](C)(C)C. The molecule has 0 saturated heterocycles. The molecule has 0 fully saturated rings. The molecule has 15 heavy (non-hydrogen) atoms. The van der Waals surface area contributed by atoms with Crippen molar-refractivity contribution in [2.75, 3.05) is 0 Å². The lowest BCUT2D eigenvalue weighted by Gasteiger charge is -2.29. The van der Waals surface area contributed by atoms with Gasteiger partial charge in [0, 0.05) is 0 Å². The zero-order valence-electron chi connectivity index (χ0n) is 10.9. The zero-order chi connectivity index (χ0) is 12.3. The number of carbonyl (C=O) groups excluding carboxylic acids is 1. The third-order valence-electron chi connectivity index (χ3n) is 2.14. The largest absolute Gasteiger partial charge is 0.460 e. The molecular formula is C12H24O2Si. The smallest absolute Gasteiger partial charge is 0.306 e. The Bertz CT molecular complexity index is 233. The maximum Gasteiger partial charge on any atom is 0.306 e. The fourth-order valence-electron chi connectivity index (χ4n) is 1.34. The second kappa shape index (κ2) is 4.97. The van der Waals surface area contributed by atoms with Gasteiger partial charge in [0.05, 0.1) is 13.6 Å². The molecule has 0 saturated carbocycles. The van der Waals surface area contributed by atoms with E-state index in [1.807, 2.05) is 26.8 Å². The van der Waals surface area contributed by atoms with Gasteiger partial charge in [-0.3, -0.25) is 4.79 Å². The Morgan fingerprint density at radius 1 is 1.40 bits per heavy atom. The van der Waals surface area contributed by atoms with E-state index in [-0.39, 0.29) is 11.5 Å². The van der Waals surface area contributed by atoms with Crippen LogP contribution in [0.3, 0.4) is 0 Å². The lowest BCUT2D eigenvalue weighted by Crippen LogP contribution is -2.37. The highest BCUT2D eigenvalue weighted by Crippen LogP contribution is 2.29. The van der Waals surface area contributed by atoms with Crippen LogP contribution in [0.4, 0.5) is 0 Å². The number of esters is 1. The fourth-order valence-corrected chi connectivity index (χ4v) is 2.98.